The first-order valence-corrected chi connectivity index (χ1v) is 7.21. The van der Waals surface area contributed by atoms with Gasteiger partial charge < -0.3 is 4.74 Å². The molecule has 0 unspecified atom stereocenters. The van der Waals surface area contributed by atoms with Gasteiger partial charge in [0.2, 0.25) is 5.88 Å². The van der Waals surface area contributed by atoms with Gasteiger partial charge in [-0.15, -0.1) is 10.2 Å². The number of aromatic nitrogens is 2. The van der Waals surface area contributed by atoms with E-state index in [-0.39, 0.29) is 6.10 Å². The van der Waals surface area contributed by atoms with Crippen LogP contribution in [0.25, 0.3) is 22.0 Å². The first-order valence-electron chi connectivity index (χ1n) is 6.83. The molecule has 2 aromatic carbocycles. The molecule has 0 radical (unpaired) electrons. The Morgan fingerprint density at radius 2 is 1.57 bits per heavy atom. The SMILES string of the molecule is CC(C)Oc1nnc(-c2ccc(Cl)cc2)c2ccccc12. The van der Waals surface area contributed by atoms with Crippen molar-refractivity contribution in [3.8, 4) is 17.1 Å². The molecule has 0 N–H and O–H groups in total. The van der Waals surface area contributed by atoms with Gasteiger partial charge in [-0.25, -0.2) is 0 Å². The van der Waals surface area contributed by atoms with E-state index in [1.165, 1.54) is 0 Å². The molecule has 3 rings (SSSR count). The van der Waals surface area contributed by atoms with Crippen molar-refractivity contribution in [1.82, 2.24) is 10.2 Å². The Hall–Kier alpha value is -2.13. The average Bonchev–Trinajstić information content (AvgIpc) is 2.48. The van der Waals surface area contributed by atoms with Crippen molar-refractivity contribution in [3.05, 3.63) is 53.6 Å². The fourth-order valence-electron chi connectivity index (χ4n) is 2.21. The minimum atomic E-state index is 0.0593. The zero-order valence-corrected chi connectivity index (χ0v) is 12.6. The Labute approximate surface area is 128 Å². The minimum Gasteiger partial charge on any atom is -0.473 e. The van der Waals surface area contributed by atoms with Gasteiger partial charge in [0.05, 0.1) is 6.10 Å². The van der Waals surface area contributed by atoms with Gasteiger partial charge in [-0.2, -0.15) is 0 Å². The van der Waals surface area contributed by atoms with Crippen molar-refractivity contribution >= 4 is 22.4 Å². The second-order valence-electron chi connectivity index (χ2n) is 5.07. The summed E-state index contributed by atoms with van der Waals surface area (Å²) < 4.78 is 5.74. The molecule has 106 valence electrons. The highest BCUT2D eigenvalue weighted by atomic mass is 35.5. The average molecular weight is 299 g/mol. The predicted octanol–water partition coefficient (Wildman–Crippen LogP) is 4.74. The monoisotopic (exact) mass is 298 g/mol. The lowest BCUT2D eigenvalue weighted by molar-refractivity contribution is 0.233. The molecule has 0 saturated carbocycles. The van der Waals surface area contributed by atoms with E-state index in [1.54, 1.807) is 0 Å². The summed E-state index contributed by atoms with van der Waals surface area (Å²) in [5, 5.41) is 11.3. The number of rotatable bonds is 3. The van der Waals surface area contributed by atoms with Gasteiger partial charge in [0, 0.05) is 21.4 Å². The summed E-state index contributed by atoms with van der Waals surface area (Å²) >= 11 is 5.94. The largest absolute Gasteiger partial charge is 0.473 e. The molecule has 0 aliphatic rings. The van der Waals surface area contributed by atoms with Crippen LogP contribution in [0.4, 0.5) is 0 Å². The van der Waals surface area contributed by atoms with Crippen LogP contribution in [0.2, 0.25) is 5.02 Å². The molecular formula is C17H15ClN2O. The van der Waals surface area contributed by atoms with E-state index in [4.69, 9.17) is 16.3 Å². The summed E-state index contributed by atoms with van der Waals surface area (Å²) in [6.07, 6.45) is 0.0593. The molecule has 0 aliphatic carbocycles. The molecule has 0 amide bonds. The van der Waals surface area contributed by atoms with Crippen LogP contribution in [0, 0.1) is 0 Å². The van der Waals surface area contributed by atoms with Crippen molar-refractivity contribution in [3.63, 3.8) is 0 Å². The quantitative estimate of drug-likeness (QED) is 0.700. The maximum atomic E-state index is 5.94. The molecule has 3 nitrogen and oxygen atoms in total. The van der Waals surface area contributed by atoms with Crippen LogP contribution in [-0.4, -0.2) is 16.3 Å². The van der Waals surface area contributed by atoms with Crippen LogP contribution in [0.1, 0.15) is 13.8 Å². The zero-order valence-electron chi connectivity index (χ0n) is 11.9. The zero-order chi connectivity index (χ0) is 14.8. The van der Waals surface area contributed by atoms with Gasteiger partial charge in [0.25, 0.3) is 0 Å². The first-order chi connectivity index (χ1) is 10.1. The van der Waals surface area contributed by atoms with Gasteiger partial charge in [-0.3, -0.25) is 0 Å². The third kappa shape index (κ3) is 2.83. The number of hydrogen-bond donors (Lipinski definition) is 0. The van der Waals surface area contributed by atoms with E-state index >= 15 is 0 Å². The van der Waals surface area contributed by atoms with E-state index in [9.17, 15) is 0 Å². The normalized spacial score (nSPS) is 11.0. The first kappa shape index (κ1) is 13.8. The number of benzene rings is 2. The molecule has 0 aliphatic heterocycles. The Balaban J connectivity index is 2.19. The minimum absolute atomic E-state index is 0.0593. The summed E-state index contributed by atoms with van der Waals surface area (Å²) in [4.78, 5) is 0. The molecule has 21 heavy (non-hydrogen) atoms. The molecule has 0 atom stereocenters. The number of hydrogen-bond acceptors (Lipinski definition) is 3. The molecule has 3 aromatic rings. The Bertz CT molecular complexity index is 769. The molecule has 4 heteroatoms. The topological polar surface area (TPSA) is 35.0 Å². The molecular weight excluding hydrogens is 284 g/mol. The van der Waals surface area contributed by atoms with Crippen molar-refractivity contribution in [2.75, 3.05) is 0 Å². The summed E-state index contributed by atoms with van der Waals surface area (Å²) in [6.45, 7) is 3.95. The second kappa shape index (κ2) is 5.70. The fraction of sp³-hybridized carbons (Fsp3) is 0.176. The van der Waals surface area contributed by atoms with Gasteiger partial charge in [0.15, 0.2) is 0 Å². The van der Waals surface area contributed by atoms with Gasteiger partial charge in [0.1, 0.15) is 5.69 Å². The highest BCUT2D eigenvalue weighted by Crippen LogP contribution is 2.31. The van der Waals surface area contributed by atoms with Crippen LogP contribution in [-0.2, 0) is 0 Å². The van der Waals surface area contributed by atoms with Gasteiger partial charge in [-0.05, 0) is 32.0 Å². The number of ether oxygens (including phenoxy) is 1. The highest BCUT2D eigenvalue weighted by molar-refractivity contribution is 6.30. The van der Waals surface area contributed by atoms with Gasteiger partial charge >= 0.3 is 0 Å². The maximum absolute atomic E-state index is 5.94. The Morgan fingerprint density at radius 1 is 0.905 bits per heavy atom. The third-order valence-electron chi connectivity index (χ3n) is 3.12. The summed E-state index contributed by atoms with van der Waals surface area (Å²) in [7, 11) is 0. The molecule has 0 bridgehead atoms. The standard InChI is InChI=1S/C17H15ClN2O/c1-11(2)21-17-15-6-4-3-5-14(15)16(19-20-17)12-7-9-13(18)10-8-12/h3-11H,1-2H3. The fourth-order valence-corrected chi connectivity index (χ4v) is 2.34. The lowest BCUT2D eigenvalue weighted by Crippen LogP contribution is -2.08. The molecule has 0 fully saturated rings. The lowest BCUT2D eigenvalue weighted by Gasteiger charge is -2.12. The smallest absolute Gasteiger partial charge is 0.241 e. The number of fused-ring (bicyclic) bond motifs is 1. The Morgan fingerprint density at radius 3 is 2.24 bits per heavy atom. The van der Waals surface area contributed by atoms with E-state index in [0.717, 1.165) is 22.0 Å². The van der Waals surface area contributed by atoms with Crippen LogP contribution in [0.15, 0.2) is 48.5 Å². The second-order valence-corrected chi connectivity index (χ2v) is 5.51. The molecule has 1 aromatic heterocycles. The third-order valence-corrected chi connectivity index (χ3v) is 3.37. The van der Waals surface area contributed by atoms with Crippen LogP contribution < -0.4 is 4.74 Å². The van der Waals surface area contributed by atoms with E-state index in [0.29, 0.717) is 10.9 Å². The van der Waals surface area contributed by atoms with E-state index in [1.807, 2.05) is 62.4 Å². The highest BCUT2D eigenvalue weighted by Gasteiger charge is 2.12. The molecule has 0 saturated heterocycles. The maximum Gasteiger partial charge on any atom is 0.241 e. The summed E-state index contributed by atoms with van der Waals surface area (Å²) in [6, 6.07) is 15.6. The van der Waals surface area contributed by atoms with E-state index < -0.39 is 0 Å². The van der Waals surface area contributed by atoms with Crippen LogP contribution in [0.3, 0.4) is 0 Å². The number of nitrogens with zero attached hydrogens (tertiary/aromatic N) is 2. The van der Waals surface area contributed by atoms with Crippen molar-refractivity contribution in [2.45, 2.75) is 20.0 Å². The van der Waals surface area contributed by atoms with Crippen molar-refractivity contribution < 1.29 is 4.74 Å². The van der Waals surface area contributed by atoms with Crippen molar-refractivity contribution in [1.29, 1.82) is 0 Å². The molecule has 0 spiro atoms. The van der Waals surface area contributed by atoms with E-state index in [2.05, 4.69) is 10.2 Å². The predicted molar refractivity (Wildman–Crippen MR) is 85.7 cm³/mol. The van der Waals surface area contributed by atoms with Crippen molar-refractivity contribution in [2.24, 2.45) is 0 Å². The summed E-state index contributed by atoms with van der Waals surface area (Å²) in [5.74, 6) is 0.568. The number of halogens is 1. The van der Waals surface area contributed by atoms with Crippen LogP contribution >= 0.6 is 11.6 Å². The van der Waals surface area contributed by atoms with Crippen LogP contribution in [0.5, 0.6) is 5.88 Å². The summed E-state index contributed by atoms with van der Waals surface area (Å²) in [5.41, 5.74) is 1.82. The Kier molecular flexibility index (Phi) is 3.76. The molecule has 1 heterocycles. The van der Waals surface area contributed by atoms with Gasteiger partial charge in [-0.1, -0.05) is 41.9 Å². The lowest BCUT2D eigenvalue weighted by atomic mass is 10.1.